The Morgan fingerprint density at radius 3 is 2.44 bits per heavy atom. The van der Waals surface area contributed by atoms with E-state index in [0.717, 1.165) is 5.92 Å². The molecule has 3 atom stereocenters. The van der Waals surface area contributed by atoms with Gasteiger partial charge in [0, 0.05) is 26.3 Å². The van der Waals surface area contributed by atoms with E-state index in [1.54, 1.807) is 14.2 Å². The van der Waals surface area contributed by atoms with Crippen molar-refractivity contribution in [1.82, 2.24) is 5.32 Å². The van der Waals surface area contributed by atoms with Crippen molar-refractivity contribution >= 4 is 10.0 Å². The average molecular weight is 276 g/mol. The quantitative estimate of drug-likeness (QED) is 0.541. The number of rotatable bonds is 7. The summed E-state index contributed by atoms with van der Waals surface area (Å²) in [6.07, 6.45) is 6.63. The summed E-state index contributed by atoms with van der Waals surface area (Å²) < 4.78 is 9.22. The van der Waals surface area contributed by atoms with E-state index < -0.39 is 10.0 Å². The van der Waals surface area contributed by atoms with Gasteiger partial charge in [-0.3, -0.25) is 0 Å². The van der Waals surface area contributed by atoms with E-state index in [1.807, 2.05) is 0 Å². The van der Waals surface area contributed by atoms with E-state index in [2.05, 4.69) is 28.0 Å². The smallest absolute Gasteiger partial charge is 0.303 e. The Bertz CT molecular complexity index is 180. The van der Waals surface area contributed by atoms with E-state index in [-0.39, 0.29) is 0 Å². The lowest BCUT2D eigenvalue weighted by atomic mass is 9.90. The summed E-state index contributed by atoms with van der Waals surface area (Å²) in [7, 11) is 2.73. The molecular weight excluding hydrogens is 244 g/mol. The van der Waals surface area contributed by atoms with Gasteiger partial charge in [0.1, 0.15) is 0 Å². The minimum atomic E-state index is -0.568. The summed E-state index contributed by atoms with van der Waals surface area (Å²) in [5, 5.41) is 3.57. The molecule has 1 fully saturated rings. The van der Waals surface area contributed by atoms with Crippen molar-refractivity contribution in [3.8, 4) is 0 Å². The fourth-order valence-electron chi connectivity index (χ4n) is 2.47. The van der Waals surface area contributed by atoms with Crippen LogP contribution in [0.3, 0.4) is 0 Å². The number of hydrogen-bond acceptors (Lipinski definition) is 4. The third-order valence-corrected chi connectivity index (χ3v) is 3.90. The highest BCUT2D eigenvalue weighted by Crippen LogP contribution is 2.22. The highest BCUT2D eigenvalue weighted by molar-refractivity contribution is 6.17. The minimum absolute atomic E-state index is 0.363. The van der Waals surface area contributed by atoms with Crippen LogP contribution in [0.15, 0.2) is 0 Å². The third-order valence-electron chi connectivity index (χ3n) is 3.43. The van der Waals surface area contributed by atoms with Gasteiger partial charge in [0.25, 0.3) is 0 Å². The number of nitrogens with two attached hydrogens (primary N) is 1. The van der Waals surface area contributed by atoms with Crippen LogP contribution in [-0.4, -0.2) is 42.9 Å². The van der Waals surface area contributed by atoms with Crippen LogP contribution in [0.5, 0.6) is 0 Å². The van der Waals surface area contributed by atoms with Gasteiger partial charge in [-0.05, 0) is 32.2 Å². The molecule has 0 aliphatic carbocycles. The average Bonchev–Trinajstić information content (AvgIpc) is 2.80. The lowest BCUT2D eigenvalue weighted by molar-refractivity contribution is 0.309. The molecule has 0 aromatic rings. The Kier molecular flexibility index (Phi) is 12.1. The molecule has 1 saturated heterocycles. The fraction of sp³-hybridized carbons (Fsp3) is 1.00. The molecule has 110 valence electrons. The summed E-state index contributed by atoms with van der Waals surface area (Å²) in [6.45, 7) is 5.57. The maximum atomic E-state index is 5.95. The van der Waals surface area contributed by atoms with Crippen molar-refractivity contribution in [2.75, 3.05) is 20.8 Å². The molecule has 0 aromatic heterocycles. The molecule has 4 nitrogen and oxygen atoms in total. The highest BCUT2D eigenvalue weighted by atomic mass is 28.3. The van der Waals surface area contributed by atoms with E-state index in [4.69, 9.17) is 5.73 Å². The molecule has 1 aliphatic heterocycles. The molecule has 0 bridgehead atoms. The van der Waals surface area contributed by atoms with Gasteiger partial charge < -0.3 is 19.9 Å². The first kappa shape index (κ1) is 18.1. The lowest BCUT2D eigenvalue weighted by Crippen LogP contribution is -2.36. The van der Waals surface area contributed by atoms with E-state index >= 15 is 0 Å². The van der Waals surface area contributed by atoms with Crippen molar-refractivity contribution in [3.63, 3.8) is 0 Å². The van der Waals surface area contributed by atoms with Crippen molar-refractivity contribution in [2.24, 2.45) is 11.7 Å². The van der Waals surface area contributed by atoms with Crippen LogP contribution in [0.1, 0.15) is 46.0 Å². The van der Waals surface area contributed by atoms with Gasteiger partial charge in [-0.1, -0.05) is 26.2 Å². The summed E-state index contributed by atoms with van der Waals surface area (Å²) in [6, 6.07) is 1.06. The molecule has 1 aliphatic rings. The molecule has 5 heteroatoms. The van der Waals surface area contributed by atoms with Gasteiger partial charge in [-0.15, -0.1) is 0 Å². The Morgan fingerprint density at radius 1 is 1.33 bits per heavy atom. The summed E-state index contributed by atoms with van der Waals surface area (Å²) in [5.74, 6) is 0.719. The normalized spacial score (nSPS) is 24.5. The SMILES string of the molecule is CCCCCC1NCCC1C(C)N.CO[SiH2]OC. The van der Waals surface area contributed by atoms with Crippen LogP contribution in [0.4, 0.5) is 0 Å². The van der Waals surface area contributed by atoms with E-state index in [9.17, 15) is 0 Å². The van der Waals surface area contributed by atoms with Crippen molar-refractivity contribution in [2.45, 2.75) is 58.0 Å². The third kappa shape index (κ3) is 8.21. The van der Waals surface area contributed by atoms with Gasteiger partial charge in [0.2, 0.25) is 0 Å². The van der Waals surface area contributed by atoms with Crippen molar-refractivity contribution in [1.29, 1.82) is 0 Å². The molecular formula is C13H32N2O2Si. The van der Waals surface area contributed by atoms with Crippen LogP contribution < -0.4 is 11.1 Å². The standard InChI is InChI=1S/C11H24N2.C2H8O2Si/c1-3-4-5-6-11-10(9(2)12)7-8-13-11;1-3-5-4-2/h9-11,13H,3-8,12H2,1-2H3;5H2,1-2H3. The first-order valence-electron chi connectivity index (χ1n) is 7.14. The Labute approximate surface area is 115 Å². The van der Waals surface area contributed by atoms with Gasteiger partial charge in [-0.25, -0.2) is 0 Å². The van der Waals surface area contributed by atoms with Gasteiger partial charge >= 0.3 is 10.0 Å². The molecule has 3 unspecified atom stereocenters. The van der Waals surface area contributed by atoms with Gasteiger partial charge in [-0.2, -0.15) is 0 Å². The summed E-state index contributed by atoms with van der Waals surface area (Å²) in [5.41, 5.74) is 5.95. The molecule has 0 spiro atoms. The zero-order valence-corrected chi connectivity index (χ0v) is 14.0. The molecule has 18 heavy (non-hydrogen) atoms. The van der Waals surface area contributed by atoms with Crippen LogP contribution in [-0.2, 0) is 8.85 Å². The minimum Gasteiger partial charge on any atom is -0.402 e. The van der Waals surface area contributed by atoms with E-state index in [0.29, 0.717) is 12.1 Å². The van der Waals surface area contributed by atoms with Crippen LogP contribution in [0, 0.1) is 5.92 Å². The molecule has 0 radical (unpaired) electrons. The first-order chi connectivity index (χ1) is 8.67. The number of nitrogens with one attached hydrogen (secondary N) is 1. The molecule has 1 rings (SSSR count). The van der Waals surface area contributed by atoms with Crippen molar-refractivity contribution < 1.29 is 8.85 Å². The lowest BCUT2D eigenvalue weighted by Gasteiger charge is -2.22. The maximum absolute atomic E-state index is 5.95. The van der Waals surface area contributed by atoms with Crippen molar-refractivity contribution in [3.05, 3.63) is 0 Å². The predicted octanol–water partition coefficient (Wildman–Crippen LogP) is 1.17. The topological polar surface area (TPSA) is 56.5 Å². The van der Waals surface area contributed by atoms with Gasteiger partial charge in [0.05, 0.1) is 0 Å². The summed E-state index contributed by atoms with van der Waals surface area (Å²) >= 11 is 0. The molecule has 3 N–H and O–H groups in total. The van der Waals surface area contributed by atoms with Gasteiger partial charge in [0.15, 0.2) is 0 Å². The van der Waals surface area contributed by atoms with Crippen LogP contribution >= 0.6 is 0 Å². The number of hydrogen-bond donors (Lipinski definition) is 2. The Morgan fingerprint density at radius 2 is 2.00 bits per heavy atom. The largest absolute Gasteiger partial charge is 0.402 e. The zero-order valence-electron chi connectivity index (χ0n) is 12.6. The van der Waals surface area contributed by atoms with Crippen LogP contribution in [0.25, 0.3) is 0 Å². The zero-order chi connectivity index (χ0) is 13.8. The van der Waals surface area contributed by atoms with Crippen LogP contribution in [0.2, 0.25) is 0 Å². The second kappa shape index (κ2) is 12.1. The first-order valence-corrected chi connectivity index (χ1v) is 8.29. The number of unbranched alkanes of at least 4 members (excludes halogenated alkanes) is 2. The monoisotopic (exact) mass is 276 g/mol. The molecule has 0 aromatic carbocycles. The fourth-order valence-corrected chi connectivity index (χ4v) is 2.70. The second-order valence-electron chi connectivity index (χ2n) is 5.06. The molecule has 0 saturated carbocycles. The molecule has 1 heterocycles. The Hall–Kier alpha value is 0.0569. The summed E-state index contributed by atoms with van der Waals surface area (Å²) in [4.78, 5) is 0. The molecule has 0 amide bonds. The predicted molar refractivity (Wildman–Crippen MR) is 80.3 cm³/mol. The Balaban J connectivity index is 0.000000494. The van der Waals surface area contributed by atoms with E-state index in [1.165, 1.54) is 38.6 Å². The maximum Gasteiger partial charge on any atom is 0.303 e. The second-order valence-corrected chi connectivity index (χ2v) is 6.45. The highest BCUT2D eigenvalue weighted by Gasteiger charge is 2.28.